The summed E-state index contributed by atoms with van der Waals surface area (Å²) in [4.78, 5) is 0. The number of benzene rings is 1. The summed E-state index contributed by atoms with van der Waals surface area (Å²) in [6.45, 7) is 5.66. The van der Waals surface area contributed by atoms with E-state index in [-0.39, 0.29) is 6.04 Å². The van der Waals surface area contributed by atoms with E-state index in [2.05, 4.69) is 26.0 Å². The Morgan fingerprint density at radius 1 is 1.20 bits per heavy atom. The molecule has 1 rings (SSSR count). The lowest BCUT2D eigenvalue weighted by atomic mass is 10.1. The van der Waals surface area contributed by atoms with Crippen molar-refractivity contribution in [1.29, 1.82) is 0 Å². The molecule has 0 bridgehead atoms. The summed E-state index contributed by atoms with van der Waals surface area (Å²) in [6.07, 6.45) is 1.02. The first-order valence-corrected chi connectivity index (χ1v) is 5.55. The Morgan fingerprint density at radius 3 is 2.47 bits per heavy atom. The van der Waals surface area contributed by atoms with Gasteiger partial charge in [0.05, 0.1) is 13.2 Å². The van der Waals surface area contributed by atoms with Crippen molar-refractivity contribution in [3.05, 3.63) is 35.9 Å². The molecule has 2 nitrogen and oxygen atoms in total. The average Bonchev–Trinajstić information content (AvgIpc) is 2.18. The van der Waals surface area contributed by atoms with Gasteiger partial charge in [-0.25, -0.2) is 0 Å². The van der Waals surface area contributed by atoms with Gasteiger partial charge >= 0.3 is 0 Å². The lowest BCUT2D eigenvalue weighted by Crippen LogP contribution is -2.27. The van der Waals surface area contributed by atoms with Gasteiger partial charge in [0.1, 0.15) is 0 Å². The Bertz CT molecular complexity index is 258. The summed E-state index contributed by atoms with van der Waals surface area (Å²) in [5.74, 6) is 0.639. The van der Waals surface area contributed by atoms with Crippen LogP contribution in [0.1, 0.15) is 25.8 Å². The molecule has 0 radical (unpaired) electrons. The molecule has 1 atom stereocenters. The smallest absolute Gasteiger partial charge is 0.0717 e. The van der Waals surface area contributed by atoms with Crippen molar-refractivity contribution in [3.8, 4) is 0 Å². The van der Waals surface area contributed by atoms with Crippen LogP contribution in [0.3, 0.4) is 0 Å². The molecule has 0 saturated heterocycles. The first-order valence-electron chi connectivity index (χ1n) is 5.55. The van der Waals surface area contributed by atoms with Gasteiger partial charge < -0.3 is 10.5 Å². The third-order valence-electron chi connectivity index (χ3n) is 2.22. The van der Waals surface area contributed by atoms with E-state index >= 15 is 0 Å². The predicted octanol–water partition coefficient (Wildman–Crippen LogP) is 2.58. The van der Waals surface area contributed by atoms with Crippen molar-refractivity contribution in [2.75, 3.05) is 6.61 Å². The second-order valence-electron chi connectivity index (χ2n) is 4.39. The van der Waals surface area contributed by atoms with Gasteiger partial charge in [0.25, 0.3) is 0 Å². The third-order valence-corrected chi connectivity index (χ3v) is 2.22. The molecule has 0 heterocycles. The maximum atomic E-state index is 5.91. The molecule has 2 N–H and O–H groups in total. The SMILES string of the molecule is CC(C)CC(N)COCc1ccccc1. The normalized spacial score (nSPS) is 13.1. The summed E-state index contributed by atoms with van der Waals surface area (Å²) < 4.78 is 5.56. The van der Waals surface area contributed by atoms with Gasteiger partial charge in [-0.05, 0) is 17.9 Å². The second kappa shape index (κ2) is 6.59. The summed E-state index contributed by atoms with van der Waals surface area (Å²) in [5.41, 5.74) is 7.12. The van der Waals surface area contributed by atoms with E-state index < -0.39 is 0 Å². The summed E-state index contributed by atoms with van der Waals surface area (Å²) in [6, 6.07) is 10.3. The molecular weight excluding hydrogens is 186 g/mol. The Labute approximate surface area is 92.4 Å². The summed E-state index contributed by atoms with van der Waals surface area (Å²) in [5, 5.41) is 0. The fourth-order valence-electron chi connectivity index (χ4n) is 1.58. The first-order chi connectivity index (χ1) is 7.18. The van der Waals surface area contributed by atoms with Gasteiger partial charge in [-0.1, -0.05) is 44.2 Å². The Hall–Kier alpha value is -0.860. The third kappa shape index (κ3) is 5.55. The molecule has 15 heavy (non-hydrogen) atoms. The minimum atomic E-state index is 0.161. The quantitative estimate of drug-likeness (QED) is 0.778. The minimum Gasteiger partial charge on any atom is -0.375 e. The highest BCUT2D eigenvalue weighted by Gasteiger charge is 2.05. The maximum absolute atomic E-state index is 5.91. The molecule has 1 aromatic rings. The van der Waals surface area contributed by atoms with E-state index in [1.807, 2.05) is 18.2 Å². The fourth-order valence-corrected chi connectivity index (χ4v) is 1.58. The van der Waals surface area contributed by atoms with E-state index in [1.54, 1.807) is 0 Å². The number of rotatable bonds is 6. The van der Waals surface area contributed by atoms with E-state index in [9.17, 15) is 0 Å². The van der Waals surface area contributed by atoms with Gasteiger partial charge in [0, 0.05) is 6.04 Å². The van der Waals surface area contributed by atoms with E-state index in [0.717, 1.165) is 6.42 Å². The van der Waals surface area contributed by atoms with Gasteiger partial charge in [0.2, 0.25) is 0 Å². The van der Waals surface area contributed by atoms with Crippen molar-refractivity contribution < 1.29 is 4.74 Å². The number of ether oxygens (including phenoxy) is 1. The molecule has 0 amide bonds. The van der Waals surface area contributed by atoms with Crippen LogP contribution in [0.4, 0.5) is 0 Å². The highest BCUT2D eigenvalue weighted by Crippen LogP contribution is 2.05. The van der Waals surface area contributed by atoms with Crippen molar-refractivity contribution in [2.45, 2.75) is 32.9 Å². The largest absolute Gasteiger partial charge is 0.375 e. The number of hydrogen-bond acceptors (Lipinski definition) is 2. The zero-order valence-corrected chi connectivity index (χ0v) is 9.65. The molecule has 1 unspecified atom stereocenters. The molecule has 2 heteroatoms. The summed E-state index contributed by atoms with van der Waals surface area (Å²) >= 11 is 0. The van der Waals surface area contributed by atoms with Crippen LogP contribution in [0.2, 0.25) is 0 Å². The molecule has 0 fully saturated rings. The fraction of sp³-hybridized carbons (Fsp3) is 0.538. The van der Waals surface area contributed by atoms with Crippen LogP contribution in [0.5, 0.6) is 0 Å². The van der Waals surface area contributed by atoms with Crippen LogP contribution >= 0.6 is 0 Å². The molecule has 0 aromatic heterocycles. The van der Waals surface area contributed by atoms with E-state index in [4.69, 9.17) is 10.5 Å². The van der Waals surface area contributed by atoms with Crippen molar-refractivity contribution >= 4 is 0 Å². The lowest BCUT2D eigenvalue weighted by Gasteiger charge is -2.14. The molecule has 1 aromatic carbocycles. The van der Waals surface area contributed by atoms with Crippen LogP contribution in [-0.4, -0.2) is 12.6 Å². The van der Waals surface area contributed by atoms with Crippen LogP contribution in [0.15, 0.2) is 30.3 Å². The van der Waals surface area contributed by atoms with Gasteiger partial charge in [-0.3, -0.25) is 0 Å². The number of nitrogens with two attached hydrogens (primary N) is 1. The highest BCUT2D eigenvalue weighted by molar-refractivity contribution is 5.13. The summed E-state index contributed by atoms with van der Waals surface area (Å²) in [7, 11) is 0. The molecule has 84 valence electrons. The highest BCUT2D eigenvalue weighted by atomic mass is 16.5. The van der Waals surface area contributed by atoms with Crippen LogP contribution in [0.25, 0.3) is 0 Å². The van der Waals surface area contributed by atoms with Crippen LogP contribution < -0.4 is 5.73 Å². The maximum Gasteiger partial charge on any atom is 0.0717 e. The lowest BCUT2D eigenvalue weighted by molar-refractivity contribution is 0.103. The standard InChI is InChI=1S/C13H21NO/c1-11(2)8-13(14)10-15-9-12-6-4-3-5-7-12/h3-7,11,13H,8-10,14H2,1-2H3. The molecule has 0 saturated carbocycles. The molecule has 0 aliphatic rings. The Morgan fingerprint density at radius 2 is 1.87 bits per heavy atom. The topological polar surface area (TPSA) is 35.2 Å². The molecule has 0 aliphatic carbocycles. The van der Waals surface area contributed by atoms with Crippen LogP contribution in [-0.2, 0) is 11.3 Å². The number of hydrogen-bond donors (Lipinski definition) is 1. The first kappa shape index (κ1) is 12.2. The Balaban J connectivity index is 2.16. The van der Waals surface area contributed by atoms with Gasteiger partial charge in [0.15, 0.2) is 0 Å². The van der Waals surface area contributed by atoms with Gasteiger partial charge in [-0.2, -0.15) is 0 Å². The zero-order chi connectivity index (χ0) is 11.1. The minimum absolute atomic E-state index is 0.161. The van der Waals surface area contributed by atoms with E-state index in [0.29, 0.717) is 19.1 Å². The molecule has 0 aliphatic heterocycles. The van der Waals surface area contributed by atoms with Gasteiger partial charge in [-0.15, -0.1) is 0 Å². The van der Waals surface area contributed by atoms with Crippen molar-refractivity contribution in [3.63, 3.8) is 0 Å². The Kier molecular flexibility index (Phi) is 5.37. The van der Waals surface area contributed by atoms with Crippen molar-refractivity contribution in [2.24, 2.45) is 11.7 Å². The monoisotopic (exact) mass is 207 g/mol. The average molecular weight is 207 g/mol. The molecular formula is C13H21NO. The molecule has 0 spiro atoms. The zero-order valence-electron chi connectivity index (χ0n) is 9.65. The predicted molar refractivity (Wildman–Crippen MR) is 63.5 cm³/mol. The van der Waals surface area contributed by atoms with Crippen LogP contribution in [0, 0.1) is 5.92 Å². The second-order valence-corrected chi connectivity index (χ2v) is 4.39. The van der Waals surface area contributed by atoms with Crippen molar-refractivity contribution in [1.82, 2.24) is 0 Å². The van der Waals surface area contributed by atoms with E-state index in [1.165, 1.54) is 5.56 Å².